The van der Waals surface area contributed by atoms with Crippen molar-refractivity contribution in [2.45, 2.75) is 39.3 Å². The van der Waals surface area contributed by atoms with Crippen LogP contribution in [0.25, 0.3) is 0 Å². The van der Waals surface area contributed by atoms with Crippen molar-refractivity contribution in [1.82, 2.24) is 5.32 Å². The van der Waals surface area contributed by atoms with E-state index in [1.165, 1.54) is 14.2 Å². The molecule has 0 aliphatic heterocycles. The molecule has 1 aromatic heterocycles. The predicted octanol–water partition coefficient (Wildman–Crippen LogP) is 3.60. The molecule has 0 spiro atoms. The van der Waals surface area contributed by atoms with Crippen LogP contribution in [-0.2, 0) is 6.54 Å². The fraction of sp³-hybridized carbons (Fsp3) is 0.545. The van der Waals surface area contributed by atoms with Crippen LogP contribution in [0.1, 0.15) is 30.2 Å². The molecule has 0 aromatic carbocycles. The molecule has 1 heterocycles. The molecule has 1 N–H and O–H groups in total. The Balaban J connectivity index is 2.46. The quantitative estimate of drug-likeness (QED) is 0.898. The third-order valence-corrected chi connectivity index (χ3v) is 4.44. The Morgan fingerprint density at radius 3 is 2.87 bits per heavy atom. The summed E-state index contributed by atoms with van der Waals surface area (Å²) in [6.45, 7) is 5.05. The van der Waals surface area contributed by atoms with Crippen molar-refractivity contribution >= 4 is 27.3 Å². The number of hydrogen-bond donors (Lipinski definition) is 1. The standard InChI is InChI=1S/C11H15BrN2S/c1-3-9(4-5-13)14-7-10-6-8(2)11(12)15-10/h6,9,14H,3-4,7H2,1-2H3. The monoisotopic (exact) mass is 286 g/mol. The fourth-order valence-electron chi connectivity index (χ4n) is 1.33. The van der Waals surface area contributed by atoms with Gasteiger partial charge in [-0.2, -0.15) is 5.26 Å². The molecule has 0 saturated carbocycles. The van der Waals surface area contributed by atoms with E-state index in [1.807, 2.05) is 0 Å². The topological polar surface area (TPSA) is 35.8 Å². The van der Waals surface area contributed by atoms with E-state index in [4.69, 9.17) is 5.26 Å². The van der Waals surface area contributed by atoms with Crippen molar-refractivity contribution in [2.75, 3.05) is 0 Å². The first kappa shape index (κ1) is 12.7. The molecule has 2 nitrogen and oxygen atoms in total. The molecular weight excluding hydrogens is 272 g/mol. The third kappa shape index (κ3) is 3.94. The predicted molar refractivity (Wildman–Crippen MR) is 67.9 cm³/mol. The van der Waals surface area contributed by atoms with Crippen LogP contribution >= 0.6 is 27.3 Å². The number of rotatable bonds is 5. The van der Waals surface area contributed by atoms with Crippen molar-refractivity contribution in [3.63, 3.8) is 0 Å². The first-order valence-corrected chi connectivity index (χ1v) is 6.63. The van der Waals surface area contributed by atoms with Crippen LogP contribution in [0.5, 0.6) is 0 Å². The Morgan fingerprint density at radius 2 is 2.40 bits per heavy atom. The van der Waals surface area contributed by atoms with Gasteiger partial charge in [-0.15, -0.1) is 11.3 Å². The summed E-state index contributed by atoms with van der Waals surface area (Å²) in [5.74, 6) is 0. The van der Waals surface area contributed by atoms with Gasteiger partial charge in [-0.05, 0) is 40.9 Å². The Morgan fingerprint density at radius 1 is 1.67 bits per heavy atom. The smallest absolute Gasteiger partial charge is 0.0730 e. The molecule has 1 aromatic rings. The van der Waals surface area contributed by atoms with Gasteiger partial charge in [0.05, 0.1) is 16.3 Å². The molecule has 1 atom stereocenters. The van der Waals surface area contributed by atoms with Crippen LogP contribution in [0, 0.1) is 18.3 Å². The summed E-state index contributed by atoms with van der Waals surface area (Å²) in [5.41, 5.74) is 1.28. The van der Waals surface area contributed by atoms with Crippen molar-refractivity contribution < 1.29 is 0 Å². The zero-order chi connectivity index (χ0) is 11.3. The second kappa shape index (κ2) is 6.26. The molecule has 4 heteroatoms. The van der Waals surface area contributed by atoms with Crippen LogP contribution in [0.2, 0.25) is 0 Å². The van der Waals surface area contributed by atoms with Gasteiger partial charge in [0.1, 0.15) is 0 Å². The Labute approximate surface area is 103 Å². The second-order valence-electron chi connectivity index (χ2n) is 3.52. The minimum absolute atomic E-state index is 0.316. The molecule has 0 bridgehead atoms. The van der Waals surface area contributed by atoms with Crippen LogP contribution < -0.4 is 5.32 Å². The van der Waals surface area contributed by atoms with Crippen LogP contribution in [0.15, 0.2) is 9.85 Å². The van der Waals surface area contributed by atoms with E-state index in [1.54, 1.807) is 11.3 Å². The zero-order valence-electron chi connectivity index (χ0n) is 9.01. The summed E-state index contributed by atoms with van der Waals surface area (Å²) >= 11 is 5.27. The number of nitrogens with zero attached hydrogens (tertiary/aromatic N) is 1. The summed E-state index contributed by atoms with van der Waals surface area (Å²) in [6, 6.07) is 4.70. The van der Waals surface area contributed by atoms with E-state index in [-0.39, 0.29) is 0 Å². The van der Waals surface area contributed by atoms with Crippen molar-refractivity contribution in [2.24, 2.45) is 0 Å². The largest absolute Gasteiger partial charge is 0.308 e. The lowest BCUT2D eigenvalue weighted by Gasteiger charge is -2.11. The molecule has 0 amide bonds. The van der Waals surface area contributed by atoms with Gasteiger partial charge in [0.25, 0.3) is 0 Å². The Bertz CT molecular complexity index is 334. The van der Waals surface area contributed by atoms with Crippen molar-refractivity contribution in [3.05, 3.63) is 20.3 Å². The molecule has 15 heavy (non-hydrogen) atoms. The summed E-state index contributed by atoms with van der Waals surface area (Å²) in [5, 5.41) is 12.0. The molecule has 1 rings (SSSR count). The van der Waals surface area contributed by atoms with E-state index in [0.717, 1.165) is 13.0 Å². The van der Waals surface area contributed by atoms with Gasteiger partial charge < -0.3 is 5.32 Å². The van der Waals surface area contributed by atoms with Gasteiger partial charge >= 0.3 is 0 Å². The van der Waals surface area contributed by atoms with Gasteiger partial charge in [0.2, 0.25) is 0 Å². The number of nitriles is 1. The maximum atomic E-state index is 8.62. The number of nitrogens with one attached hydrogen (secondary N) is 1. The van der Waals surface area contributed by atoms with E-state index >= 15 is 0 Å². The summed E-state index contributed by atoms with van der Waals surface area (Å²) in [7, 11) is 0. The molecule has 0 aliphatic carbocycles. The van der Waals surface area contributed by atoms with Gasteiger partial charge in [0, 0.05) is 17.5 Å². The maximum Gasteiger partial charge on any atom is 0.0730 e. The lowest BCUT2D eigenvalue weighted by atomic mass is 10.1. The van der Waals surface area contributed by atoms with Crippen LogP contribution in [0.3, 0.4) is 0 Å². The highest BCUT2D eigenvalue weighted by Crippen LogP contribution is 2.27. The summed E-state index contributed by atoms with van der Waals surface area (Å²) < 4.78 is 1.20. The Hall–Kier alpha value is -0.370. The first-order valence-electron chi connectivity index (χ1n) is 5.02. The molecule has 1 unspecified atom stereocenters. The minimum atomic E-state index is 0.316. The summed E-state index contributed by atoms with van der Waals surface area (Å²) in [6.07, 6.45) is 1.58. The maximum absolute atomic E-state index is 8.62. The highest BCUT2D eigenvalue weighted by Gasteiger charge is 2.07. The lowest BCUT2D eigenvalue weighted by Crippen LogP contribution is -2.26. The first-order chi connectivity index (χ1) is 7.17. The number of aryl methyl sites for hydroxylation is 1. The zero-order valence-corrected chi connectivity index (χ0v) is 11.4. The van der Waals surface area contributed by atoms with E-state index in [0.29, 0.717) is 12.5 Å². The fourth-order valence-corrected chi connectivity index (χ4v) is 2.91. The van der Waals surface area contributed by atoms with Crippen LogP contribution in [0.4, 0.5) is 0 Å². The highest BCUT2D eigenvalue weighted by molar-refractivity contribution is 9.11. The SMILES string of the molecule is CCC(CC#N)NCc1cc(C)c(Br)s1. The minimum Gasteiger partial charge on any atom is -0.308 e. The average Bonchev–Trinajstić information content (AvgIpc) is 2.53. The van der Waals surface area contributed by atoms with Gasteiger partial charge in [-0.3, -0.25) is 0 Å². The van der Waals surface area contributed by atoms with Gasteiger partial charge in [0.15, 0.2) is 0 Å². The summed E-state index contributed by atoms with van der Waals surface area (Å²) in [4.78, 5) is 1.32. The molecule has 82 valence electrons. The molecule has 0 fully saturated rings. The average molecular weight is 287 g/mol. The number of thiophene rings is 1. The number of halogens is 1. The van der Waals surface area contributed by atoms with E-state index in [9.17, 15) is 0 Å². The van der Waals surface area contributed by atoms with Gasteiger partial charge in [-0.25, -0.2) is 0 Å². The highest BCUT2D eigenvalue weighted by atomic mass is 79.9. The second-order valence-corrected chi connectivity index (χ2v) is 5.97. The number of hydrogen-bond acceptors (Lipinski definition) is 3. The van der Waals surface area contributed by atoms with Crippen molar-refractivity contribution in [3.8, 4) is 6.07 Å². The van der Waals surface area contributed by atoms with E-state index < -0.39 is 0 Å². The van der Waals surface area contributed by atoms with Gasteiger partial charge in [-0.1, -0.05) is 6.92 Å². The van der Waals surface area contributed by atoms with Crippen LogP contribution in [-0.4, -0.2) is 6.04 Å². The molecule has 0 radical (unpaired) electrons. The lowest BCUT2D eigenvalue weighted by molar-refractivity contribution is 0.507. The normalized spacial score (nSPS) is 12.4. The van der Waals surface area contributed by atoms with Crippen molar-refractivity contribution in [1.29, 1.82) is 5.26 Å². The molecule has 0 saturated heterocycles. The third-order valence-electron chi connectivity index (χ3n) is 2.30. The Kier molecular flexibility index (Phi) is 5.30. The molecule has 0 aliphatic rings. The molecular formula is C11H15BrN2S. The van der Waals surface area contributed by atoms with E-state index in [2.05, 4.69) is 47.2 Å².